The second-order valence-corrected chi connectivity index (χ2v) is 6.02. The number of esters is 1. The number of hydrogen-bond donors (Lipinski definition) is 2. The summed E-state index contributed by atoms with van der Waals surface area (Å²) >= 11 is 0. The molecule has 2 heterocycles. The molecule has 21 heavy (non-hydrogen) atoms. The molecule has 110 valence electrons. The summed E-state index contributed by atoms with van der Waals surface area (Å²) in [7, 11) is -3.09. The van der Waals surface area contributed by atoms with E-state index in [2.05, 4.69) is 28.4 Å². The number of fused-ring (bicyclic) bond motifs is 1. The van der Waals surface area contributed by atoms with Crippen LogP contribution in [-0.2, 0) is 13.8 Å². The van der Waals surface area contributed by atoms with Gasteiger partial charge >= 0.3 is 19.4 Å². The molecule has 2 aromatic rings. The second kappa shape index (κ2) is 5.99. The first-order valence-corrected chi connectivity index (χ1v) is 7.84. The first-order chi connectivity index (χ1) is 9.85. The minimum atomic E-state index is -3.09. The average Bonchev–Trinajstić information content (AvgIpc) is 2.93. The van der Waals surface area contributed by atoms with E-state index in [1.807, 2.05) is 0 Å². The molecule has 0 unspecified atom stereocenters. The molecular formula is C12H13N2O6P+2. The smallest absolute Gasteiger partial charge is 0.463 e. The number of aromatic amines is 1. The fourth-order valence-electron chi connectivity index (χ4n) is 1.50. The summed E-state index contributed by atoms with van der Waals surface area (Å²) < 4.78 is 25.4. The van der Waals surface area contributed by atoms with Crippen LogP contribution in [-0.4, -0.2) is 30.2 Å². The molecule has 8 nitrogen and oxygen atoms in total. The molecule has 2 N–H and O–H groups in total. The standard InChI is InChI=1S/C12H11N2O6P/c1-21(2,17)19-6-4-13-12(16)20-11(15)9-7-10-8(14-9)3-5-18-10/h3,5,7H,1-2,4,6H2/p+2. The van der Waals surface area contributed by atoms with Gasteiger partial charge in [0.15, 0.2) is 18.9 Å². The molecule has 0 fully saturated rings. The van der Waals surface area contributed by atoms with Gasteiger partial charge in [0, 0.05) is 18.7 Å². The molecule has 0 spiro atoms. The van der Waals surface area contributed by atoms with Gasteiger partial charge in [-0.1, -0.05) is 0 Å². The van der Waals surface area contributed by atoms with E-state index in [4.69, 9.17) is 8.94 Å². The average molecular weight is 312 g/mol. The van der Waals surface area contributed by atoms with Gasteiger partial charge in [-0.15, -0.1) is 0 Å². The lowest BCUT2D eigenvalue weighted by molar-refractivity contribution is 0.0615. The van der Waals surface area contributed by atoms with Gasteiger partial charge in [-0.25, -0.2) is 9.59 Å². The SMILES string of the molecule is [CH2+]P([CH2+])(=O)OCCNC(=O)OC(=O)c1cc2occc2[nH]1. The minimum absolute atomic E-state index is 0.00815. The molecule has 0 saturated carbocycles. The van der Waals surface area contributed by atoms with Crippen LogP contribution in [0.4, 0.5) is 4.79 Å². The molecular weight excluding hydrogens is 299 g/mol. The zero-order valence-corrected chi connectivity index (χ0v) is 11.9. The van der Waals surface area contributed by atoms with Gasteiger partial charge in [-0.2, -0.15) is 4.57 Å². The van der Waals surface area contributed by atoms with Crippen molar-refractivity contribution in [2.75, 3.05) is 13.2 Å². The van der Waals surface area contributed by atoms with Crippen LogP contribution in [0.3, 0.4) is 0 Å². The van der Waals surface area contributed by atoms with E-state index in [0.29, 0.717) is 11.1 Å². The van der Waals surface area contributed by atoms with Crippen molar-refractivity contribution in [2.24, 2.45) is 0 Å². The summed E-state index contributed by atoms with van der Waals surface area (Å²) in [5.41, 5.74) is 1.20. The molecule has 0 bridgehead atoms. The Morgan fingerprint density at radius 3 is 2.86 bits per heavy atom. The topological polar surface area (TPSA) is 111 Å². The van der Waals surface area contributed by atoms with Crippen LogP contribution in [0.2, 0.25) is 0 Å². The molecule has 0 aliphatic carbocycles. The van der Waals surface area contributed by atoms with Crippen LogP contribution in [0.5, 0.6) is 0 Å². The Morgan fingerprint density at radius 2 is 2.19 bits per heavy atom. The van der Waals surface area contributed by atoms with Crippen LogP contribution >= 0.6 is 7.37 Å². The molecule has 0 aliphatic heterocycles. The van der Waals surface area contributed by atoms with Crippen molar-refractivity contribution in [3.05, 3.63) is 37.4 Å². The number of amides is 1. The molecule has 2 aromatic heterocycles. The maximum atomic E-state index is 11.7. The maximum absolute atomic E-state index is 11.7. The zero-order chi connectivity index (χ0) is 15.5. The lowest BCUT2D eigenvalue weighted by Crippen LogP contribution is -2.29. The quantitative estimate of drug-likeness (QED) is 0.288. The third-order valence-electron chi connectivity index (χ3n) is 2.34. The molecule has 0 atom stereocenters. The summed E-state index contributed by atoms with van der Waals surface area (Å²) in [6, 6.07) is 3.06. The van der Waals surface area contributed by atoms with Crippen molar-refractivity contribution in [3.63, 3.8) is 0 Å². The Kier molecular flexibility index (Phi) is 4.30. The Morgan fingerprint density at radius 1 is 1.43 bits per heavy atom. The number of rotatable bonds is 5. The van der Waals surface area contributed by atoms with Gasteiger partial charge in [-0.3, -0.25) is 4.52 Å². The Bertz CT molecular complexity index is 669. The summed E-state index contributed by atoms with van der Waals surface area (Å²) in [4.78, 5) is 25.8. The summed E-state index contributed by atoms with van der Waals surface area (Å²) in [5.74, 6) is -0.847. The lowest BCUT2D eigenvalue weighted by Gasteiger charge is -2.04. The van der Waals surface area contributed by atoms with Crippen LogP contribution in [0, 0.1) is 13.3 Å². The van der Waals surface area contributed by atoms with E-state index >= 15 is 0 Å². The van der Waals surface area contributed by atoms with Crippen LogP contribution in [0.15, 0.2) is 22.8 Å². The Labute approximate surface area is 120 Å². The zero-order valence-electron chi connectivity index (χ0n) is 11.0. The van der Waals surface area contributed by atoms with Crippen molar-refractivity contribution in [1.29, 1.82) is 0 Å². The van der Waals surface area contributed by atoms with Crippen molar-refractivity contribution in [2.45, 2.75) is 0 Å². The summed E-state index contributed by atoms with van der Waals surface area (Å²) in [5, 5.41) is 2.26. The summed E-state index contributed by atoms with van der Waals surface area (Å²) in [6.07, 6.45) is 0.519. The van der Waals surface area contributed by atoms with Gasteiger partial charge in [0.25, 0.3) is 0 Å². The lowest BCUT2D eigenvalue weighted by atomic mass is 10.4. The molecule has 0 saturated heterocycles. The number of ether oxygens (including phenoxy) is 1. The monoisotopic (exact) mass is 312 g/mol. The van der Waals surface area contributed by atoms with Gasteiger partial charge < -0.3 is 19.5 Å². The third-order valence-corrected chi connectivity index (χ3v) is 3.00. The number of carbonyl (C=O) groups is 2. The Balaban J connectivity index is 1.78. The third kappa shape index (κ3) is 4.34. The molecule has 0 aromatic carbocycles. The van der Waals surface area contributed by atoms with E-state index in [9.17, 15) is 14.2 Å². The van der Waals surface area contributed by atoms with Crippen molar-refractivity contribution >= 4 is 30.5 Å². The predicted octanol–water partition coefficient (Wildman–Crippen LogP) is 2.51. The number of furan rings is 1. The van der Waals surface area contributed by atoms with Crippen LogP contribution < -0.4 is 5.32 Å². The molecule has 0 radical (unpaired) electrons. The van der Waals surface area contributed by atoms with E-state index in [0.717, 1.165) is 0 Å². The number of nitrogens with one attached hydrogen (secondary N) is 2. The van der Waals surface area contributed by atoms with E-state index in [-0.39, 0.29) is 18.8 Å². The normalized spacial score (nSPS) is 11.4. The highest BCUT2D eigenvalue weighted by atomic mass is 31.2. The summed E-state index contributed by atoms with van der Waals surface area (Å²) in [6.45, 7) is 6.36. The van der Waals surface area contributed by atoms with Gasteiger partial charge in [0.05, 0.1) is 18.4 Å². The second-order valence-electron chi connectivity index (χ2n) is 4.13. The first-order valence-electron chi connectivity index (χ1n) is 5.85. The van der Waals surface area contributed by atoms with Gasteiger partial charge in [0.1, 0.15) is 5.69 Å². The van der Waals surface area contributed by atoms with Crippen LogP contribution in [0.1, 0.15) is 10.5 Å². The number of alkyl carbamates (subject to hydrolysis) is 1. The highest BCUT2D eigenvalue weighted by molar-refractivity contribution is 7.61. The van der Waals surface area contributed by atoms with Crippen molar-refractivity contribution in [3.8, 4) is 0 Å². The molecule has 9 heteroatoms. The minimum Gasteiger partial charge on any atom is -0.463 e. The highest BCUT2D eigenvalue weighted by Crippen LogP contribution is 2.41. The fraction of sp³-hybridized carbons (Fsp3) is 0.167. The largest absolute Gasteiger partial charge is 0.535 e. The first kappa shape index (κ1) is 15.1. The van der Waals surface area contributed by atoms with E-state index in [1.54, 1.807) is 6.07 Å². The fourth-order valence-corrected chi connectivity index (χ4v) is 1.92. The Hall–Kier alpha value is -2.31. The van der Waals surface area contributed by atoms with Crippen molar-refractivity contribution < 1.29 is 27.8 Å². The van der Waals surface area contributed by atoms with Gasteiger partial charge in [0.2, 0.25) is 0 Å². The number of H-pyrrole nitrogens is 1. The number of carbonyl (C=O) groups excluding carboxylic acids is 2. The predicted molar refractivity (Wildman–Crippen MR) is 73.7 cm³/mol. The maximum Gasteiger partial charge on any atom is 0.535 e. The number of aromatic nitrogens is 1. The van der Waals surface area contributed by atoms with Gasteiger partial charge in [-0.05, 0) is 0 Å². The van der Waals surface area contributed by atoms with Crippen LogP contribution in [0.25, 0.3) is 11.1 Å². The van der Waals surface area contributed by atoms with Crippen molar-refractivity contribution in [1.82, 2.24) is 10.3 Å². The molecule has 0 aliphatic rings. The van der Waals surface area contributed by atoms with E-state index < -0.39 is 19.4 Å². The number of hydrogen-bond acceptors (Lipinski definition) is 6. The van der Waals surface area contributed by atoms with E-state index in [1.165, 1.54) is 12.3 Å². The molecule has 1 amide bonds. The molecule has 2 rings (SSSR count). The highest BCUT2D eigenvalue weighted by Gasteiger charge is 2.26.